The summed E-state index contributed by atoms with van der Waals surface area (Å²) in [6, 6.07) is 17.6. The Labute approximate surface area is 199 Å². The van der Waals surface area contributed by atoms with Gasteiger partial charge in [-0.2, -0.15) is 0 Å². The molecule has 0 spiro atoms. The fourth-order valence-corrected chi connectivity index (χ4v) is 5.68. The highest BCUT2D eigenvalue weighted by atomic mass is 32.2. The molecule has 1 N–H and O–H groups in total. The Morgan fingerprint density at radius 3 is 2.73 bits per heavy atom. The van der Waals surface area contributed by atoms with Crippen molar-refractivity contribution in [2.75, 3.05) is 11.2 Å². The molecule has 4 aromatic rings. The molecule has 2 aromatic heterocycles. The van der Waals surface area contributed by atoms with E-state index in [1.165, 1.54) is 12.1 Å². The number of halogens is 1. The van der Waals surface area contributed by atoms with E-state index in [2.05, 4.69) is 5.32 Å². The molecule has 0 saturated heterocycles. The molecule has 0 fully saturated rings. The molecule has 5 rings (SSSR count). The molecule has 2 amide bonds. The summed E-state index contributed by atoms with van der Waals surface area (Å²) >= 11 is 3.14. The van der Waals surface area contributed by atoms with Crippen LogP contribution >= 0.6 is 23.1 Å². The van der Waals surface area contributed by atoms with Crippen molar-refractivity contribution in [2.45, 2.75) is 30.4 Å². The monoisotopic (exact) mass is 479 g/mol. The first kappa shape index (κ1) is 21.7. The van der Waals surface area contributed by atoms with Crippen molar-refractivity contribution in [3.05, 3.63) is 83.1 Å². The summed E-state index contributed by atoms with van der Waals surface area (Å²) < 4.78 is 15.2. The predicted octanol–water partition coefficient (Wildman–Crippen LogP) is 5.30. The second kappa shape index (κ2) is 8.35. The number of thiophene rings is 1. The van der Waals surface area contributed by atoms with Crippen LogP contribution in [0.3, 0.4) is 0 Å². The number of nitrogens with zero attached hydrogens (tertiary/aromatic N) is 2. The number of thioether (sulfide) groups is 1. The van der Waals surface area contributed by atoms with E-state index in [1.807, 2.05) is 52.6 Å². The van der Waals surface area contributed by atoms with Gasteiger partial charge in [0.15, 0.2) is 0 Å². The Bertz CT molecular complexity index is 1360. The van der Waals surface area contributed by atoms with Crippen LogP contribution in [0.1, 0.15) is 23.0 Å². The average molecular weight is 480 g/mol. The molecule has 33 heavy (non-hydrogen) atoms. The molecule has 0 radical (unpaired) electrons. The van der Waals surface area contributed by atoms with E-state index in [9.17, 15) is 14.0 Å². The van der Waals surface area contributed by atoms with Crippen LogP contribution in [0.25, 0.3) is 10.2 Å². The second-order valence-electron chi connectivity index (χ2n) is 8.22. The molecule has 8 heteroatoms. The van der Waals surface area contributed by atoms with Crippen molar-refractivity contribution in [1.82, 2.24) is 9.88 Å². The van der Waals surface area contributed by atoms with E-state index in [0.29, 0.717) is 17.9 Å². The number of carbonyl (C=O) groups is 2. The molecule has 168 valence electrons. The van der Waals surface area contributed by atoms with Gasteiger partial charge in [-0.25, -0.2) is 4.39 Å². The zero-order valence-electron chi connectivity index (χ0n) is 18.2. The summed E-state index contributed by atoms with van der Waals surface area (Å²) in [4.78, 5) is 31.1. The van der Waals surface area contributed by atoms with Crippen LogP contribution < -0.4 is 10.2 Å². The third-order valence-electron chi connectivity index (χ3n) is 6.05. The minimum Gasteiger partial charge on any atom is -0.350 e. The van der Waals surface area contributed by atoms with Gasteiger partial charge in [-0.15, -0.1) is 23.1 Å². The molecule has 1 aliphatic heterocycles. The van der Waals surface area contributed by atoms with Crippen LogP contribution in [-0.2, 0) is 17.9 Å². The average Bonchev–Trinajstić information content (AvgIpc) is 3.41. The molecule has 0 bridgehead atoms. The normalized spacial score (nSPS) is 17.9. The molecular weight excluding hydrogens is 457 g/mol. The maximum absolute atomic E-state index is 13.8. The minimum atomic E-state index is -1.16. The molecule has 1 unspecified atom stereocenters. The largest absolute Gasteiger partial charge is 0.350 e. The number of hydrogen-bond acceptors (Lipinski definition) is 4. The Morgan fingerprint density at radius 2 is 1.97 bits per heavy atom. The highest BCUT2D eigenvalue weighted by Crippen LogP contribution is 2.38. The predicted molar refractivity (Wildman–Crippen MR) is 131 cm³/mol. The van der Waals surface area contributed by atoms with Crippen molar-refractivity contribution >= 4 is 50.8 Å². The van der Waals surface area contributed by atoms with Crippen molar-refractivity contribution in [1.29, 1.82) is 0 Å². The number of benzene rings is 2. The van der Waals surface area contributed by atoms with Crippen molar-refractivity contribution < 1.29 is 14.0 Å². The second-order valence-corrected chi connectivity index (χ2v) is 10.00. The van der Waals surface area contributed by atoms with Gasteiger partial charge in [-0.05, 0) is 66.6 Å². The van der Waals surface area contributed by atoms with Crippen LogP contribution in [0.2, 0.25) is 0 Å². The van der Waals surface area contributed by atoms with Gasteiger partial charge >= 0.3 is 0 Å². The Balaban J connectivity index is 1.56. The fourth-order valence-electron chi connectivity index (χ4n) is 4.33. The van der Waals surface area contributed by atoms with Gasteiger partial charge in [0.25, 0.3) is 5.91 Å². The van der Waals surface area contributed by atoms with Crippen LogP contribution in [0.4, 0.5) is 10.1 Å². The zero-order valence-corrected chi connectivity index (χ0v) is 19.8. The van der Waals surface area contributed by atoms with E-state index in [0.717, 1.165) is 20.7 Å². The summed E-state index contributed by atoms with van der Waals surface area (Å²) in [5.74, 6) is -0.795. The lowest BCUT2D eigenvalue weighted by Crippen LogP contribution is -2.64. The molecule has 3 heterocycles. The van der Waals surface area contributed by atoms with Crippen LogP contribution in [0.15, 0.2) is 70.9 Å². The van der Waals surface area contributed by atoms with E-state index in [4.69, 9.17) is 0 Å². The summed E-state index contributed by atoms with van der Waals surface area (Å²) in [6.07, 6.45) is 1.98. The highest BCUT2D eigenvalue weighted by Gasteiger charge is 2.48. The Hall–Kier alpha value is -3.10. The number of hydrogen-bond donors (Lipinski definition) is 1. The number of amides is 2. The minimum absolute atomic E-state index is 0.206. The van der Waals surface area contributed by atoms with Crippen LogP contribution in [-0.4, -0.2) is 28.2 Å². The van der Waals surface area contributed by atoms with Crippen LogP contribution in [0, 0.1) is 5.82 Å². The maximum atomic E-state index is 13.8. The highest BCUT2D eigenvalue weighted by molar-refractivity contribution is 7.98. The SMILES string of the molecule is CSc1cccc(N2C(=O)c3cc4ccsc4n3CC2(C)C(=O)NCc2ccc(F)cc2)c1. The molecule has 5 nitrogen and oxygen atoms in total. The van der Waals surface area contributed by atoms with Gasteiger partial charge in [0.05, 0.1) is 6.54 Å². The summed E-state index contributed by atoms with van der Waals surface area (Å²) in [5, 5.41) is 5.96. The number of rotatable bonds is 5. The van der Waals surface area contributed by atoms with E-state index in [-0.39, 0.29) is 24.2 Å². The zero-order chi connectivity index (χ0) is 23.2. The molecule has 0 aliphatic carbocycles. The van der Waals surface area contributed by atoms with Crippen molar-refractivity contribution in [3.63, 3.8) is 0 Å². The van der Waals surface area contributed by atoms with E-state index >= 15 is 0 Å². The first-order chi connectivity index (χ1) is 15.9. The lowest BCUT2D eigenvalue weighted by Gasteiger charge is -2.44. The third-order valence-corrected chi connectivity index (χ3v) is 7.73. The summed E-state index contributed by atoms with van der Waals surface area (Å²) in [6.45, 7) is 2.38. The maximum Gasteiger partial charge on any atom is 0.275 e. The van der Waals surface area contributed by atoms with Gasteiger partial charge in [-0.1, -0.05) is 18.2 Å². The fraction of sp³-hybridized carbons (Fsp3) is 0.200. The van der Waals surface area contributed by atoms with E-state index < -0.39 is 5.54 Å². The van der Waals surface area contributed by atoms with Gasteiger partial charge in [0.2, 0.25) is 5.91 Å². The molecule has 2 aromatic carbocycles. The third kappa shape index (κ3) is 3.73. The van der Waals surface area contributed by atoms with Gasteiger partial charge in [0.1, 0.15) is 21.9 Å². The molecule has 1 aliphatic rings. The number of anilines is 1. The first-order valence-corrected chi connectivity index (χ1v) is 12.6. The van der Waals surface area contributed by atoms with Gasteiger partial charge < -0.3 is 9.88 Å². The van der Waals surface area contributed by atoms with Crippen molar-refractivity contribution in [2.24, 2.45) is 0 Å². The lowest BCUT2D eigenvalue weighted by atomic mass is 9.93. The Kier molecular flexibility index (Phi) is 5.50. The first-order valence-electron chi connectivity index (χ1n) is 10.5. The molecule has 1 atom stereocenters. The van der Waals surface area contributed by atoms with Crippen molar-refractivity contribution in [3.8, 4) is 0 Å². The smallest absolute Gasteiger partial charge is 0.275 e. The number of fused-ring (bicyclic) bond motifs is 3. The standard InChI is InChI=1S/C25H22FN3O2S2/c1-25(24(31)27-14-16-6-8-18(26)9-7-16)15-28-21(12-17-10-11-33-23(17)28)22(30)29(25)19-4-3-5-20(13-19)32-2/h3-13H,14-15H2,1-2H3,(H,27,31). The van der Waals surface area contributed by atoms with Crippen LogP contribution in [0.5, 0.6) is 0 Å². The number of nitrogens with one attached hydrogen (secondary N) is 1. The van der Waals surface area contributed by atoms with E-state index in [1.54, 1.807) is 47.1 Å². The van der Waals surface area contributed by atoms with Gasteiger partial charge in [-0.3, -0.25) is 14.5 Å². The quantitative estimate of drug-likeness (QED) is 0.395. The number of aromatic nitrogens is 1. The topological polar surface area (TPSA) is 54.3 Å². The lowest BCUT2D eigenvalue weighted by molar-refractivity contribution is -0.126. The Morgan fingerprint density at radius 1 is 1.18 bits per heavy atom. The number of carbonyl (C=O) groups excluding carboxylic acids is 2. The molecule has 0 saturated carbocycles. The summed E-state index contributed by atoms with van der Waals surface area (Å²) in [5.41, 5.74) is 0.892. The molecular formula is C25H22FN3O2S2. The summed E-state index contributed by atoms with van der Waals surface area (Å²) in [7, 11) is 0. The van der Waals surface area contributed by atoms with Gasteiger partial charge in [0, 0.05) is 22.5 Å².